The normalized spacial score (nSPS) is 45.6. The van der Waals surface area contributed by atoms with E-state index < -0.39 is 0 Å². The van der Waals surface area contributed by atoms with E-state index in [9.17, 15) is 0 Å². The fourth-order valence-electron chi connectivity index (χ4n) is 6.46. The minimum absolute atomic E-state index is 0.332. The lowest BCUT2D eigenvalue weighted by Crippen LogP contribution is -2.61. The second kappa shape index (κ2) is 3.72. The summed E-state index contributed by atoms with van der Waals surface area (Å²) < 4.78 is 0. The number of rotatable bonds is 2. The second-order valence-corrected chi connectivity index (χ2v) is 8.66. The molecule has 0 heterocycles. The molecule has 2 atom stereocenters. The quantitative estimate of drug-likeness (QED) is 0.780. The standard InChI is InChI=1S/C18H26N2/c1-16-7-13-8-17(2,10-16)12-18(9-13,11-16)20-15-5-3-14(19)4-6-15/h3-6,13,20H,7-12,19H2,1-2H3. The van der Waals surface area contributed by atoms with E-state index in [4.69, 9.17) is 5.73 Å². The van der Waals surface area contributed by atoms with Crippen LogP contribution in [0.1, 0.15) is 52.4 Å². The first-order valence-electron chi connectivity index (χ1n) is 8.02. The van der Waals surface area contributed by atoms with Crippen molar-refractivity contribution >= 4 is 11.4 Å². The Morgan fingerprint density at radius 1 is 0.950 bits per heavy atom. The lowest BCUT2D eigenvalue weighted by atomic mass is 9.43. The van der Waals surface area contributed by atoms with E-state index in [1.807, 2.05) is 12.1 Å². The molecule has 2 unspecified atom stereocenters. The predicted octanol–water partition coefficient (Wildman–Crippen LogP) is 4.43. The second-order valence-electron chi connectivity index (χ2n) is 8.66. The molecule has 4 saturated carbocycles. The molecule has 0 aliphatic heterocycles. The van der Waals surface area contributed by atoms with Crippen LogP contribution in [0, 0.1) is 16.7 Å². The number of benzene rings is 1. The highest BCUT2D eigenvalue weighted by molar-refractivity contribution is 5.53. The molecule has 0 amide bonds. The van der Waals surface area contributed by atoms with Crippen LogP contribution in [0.4, 0.5) is 11.4 Å². The van der Waals surface area contributed by atoms with Gasteiger partial charge in [-0.25, -0.2) is 0 Å². The number of hydrogen-bond acceptors (Lipinski definition) is 2. The average Bonchev–Trinajstić information content (AvgIpc) is 2.27. The Labute approximate surface area is 122 Å². The molecule has 5 rings (SSSR count). The van der Waals surface area contributed by atoms with E-state index in [2.05, 4.69) is 31.3 Å². The van der Waals surface area contributed by atoms with E-state index >= 15 is 0 Å². The summed E-state index contributed by atoms with van der Waals surface area (Å²) in [6.07, 6.45) is 8.39. The third-order valence-corrected chi connectivity index (χ3v) is 5.95. The summed E-state index contributed by atoms with van der Waals surface area (Å²) in [5, 5.41) is 3.91. The minimum Gasteiger partial charge on any atom is -0.399 e. The first-order valence-corrected chi connectivity index (χ1v) is 8.02. The molecule has 1 aromatic rings. The topological polar surface area (TPSA) is 38.0 Å². The van der Waals surface area contributed by atoms with E-state index in [-0.39, 0.29) is 0 Å². The Morgan fingerprint density at radius 3 is 2.10 bits per heavy atom. The van der Waals surface area contributed by atoms with Gasteiger partial charge in [-0.15, -0.1) is 0 Å². The van der Waals surface area contributed by atoms with Gasteiger partial charge < -0.3 is 11.1 Å². The van der Waals surface area contributed by atoms with Crippen LogP contribution in [-0.2, 0) is 0 Å². The molecule has 108 valence electrons. The molecule has 1 aromatic carbocycles. The molecule has 20 heavy (non-hydrogen) atoms. The van der Waals surface area contributed by atoms with Gasteiger partial charge in [0.2, 0.25) is 0 Å². The van der Waals surface area contributed by atoms with Gasteiger partial charge >= 0.3 is 0 Å². The first-order chi connectivity index (χ1) is 9.38. The van der Waals surface area contributed by atoms with Crippen LogP contribution < -0.4 is 11.1 Å². The fourth-order valence-corrected chi connectivity index (χ4v) is 6.46. The van der Waals surface area contributed by atoms with Crippen molar-refractivity contribution in [2.24, 2.45) is 16.7 Å². The minimum atomic E-state index is 0.332. The average molecular weight is 270 g/mol. The number of nitrogens with two attached hydrogens (primary N) is 1. The highest BCUT2D eigenvalue weighted by Gasteiger charge is 2.60. The third-order valence-electron chi connectivity index (χ3n) is 5.95. The van der Waals surface area contributed by atoms with E-state index in [0.717, 1.165) is 11.6 Å². The molecule has 0 saturated heterocycles. The van der Waals surface area contributed by atoms with Crippen LogP contribution in [0.15, 0.2) is 24.3 Å². The number of anilines is 2. The molecule has 4 bridgehead atoms. The molecule has 0 spiro atoms. The number of nitrogen functional groups attached to an aromatic ring is 1. The van der Waals surface area contributed by atoms with Crippen LogP contribution in [0.2, 0.25) is 0 Å². The van der Waals surface area contributed by atoms with Gasteiger partial charge in [-0.3, -0.25) is 0 Å². The summed E-state index contributed by atoms with van der Waals surface area (Å²) in [7, 11) is 0. The maximum Gasteiger partial charge on any atom is 0.0386 e. The van der Waals surface area contributed by atoms with Gasteiger partial charge in [-0.05, 0) is 79.5 Å². The van der Waals surface area contributed by atoms with Crippen LogP contribution in [0.5, 0.6) is 0 Å². The molecule has 4 aliphatic rings. The third kappa shape index (κ3) is 1.92. The van der Waals surface area contributed by atoms with Gasteiger partial charge in [0.25, 0.3) is 0 Å². The number of hydrogen-bond donors (Lipinski definition) is 2. The zero-order chi connectivity index (χ0) is 14.0. The molecule has 4 fully saturated rings. The molecule has 2 heteroatoms. The Kier molecular flexibility index (Phi) is 2.33. The monoisotopic (exact) mass is 270 g/mol. The summed E-state index contributed by atoms with van der Waals surface area (Å²) in [6.45, 7) is 5.05. The van der Waals surface area contributed by atoms with E-state index in [1.54, 1.807) is 0 Å². The molecule has 3 N–H and O–H groups in total. The van der Waals surface area contributed by atoms with Crippen LogP contribution in [0.25, 0.3) is 0 Å². The molecule has 0 aromatic heterocycles. The zero-order valence-corrected chi connectivity index (χ0v) is 12.7. The van der Waals surface area contributed by atoms with Crippen molar-refractivity contribution in [2.75, 3.05) is 11.1 Å². The van der Waals surface area contributed by atoms with Gasteiger partial charge in [0.1, 0.15) is 0 Å². The summed E-state index contributed by atoms with van der Waals surface area (Å²) >= 11 is 0. The maximum atomic E-state index is 5.80. The van der Waals surface area contributed by atoms with Crippen LogP contribution in [0.3, 0.4) is 0 Å². The molecular formula is C18H26N2. The largest absolute Gasteiger partial charge is 0.399 e. The molecular weight excluding hydrogens is 244 g/mol. The van der Waals surface area contributed by atoms with Crippen molar-refractivity contribution in [3.8, 4) is 0 Å². The van der Waals surface area contributed by atoms with Crippen molar-refractivity contribution < 1.29 is 0 Å². The van der Waals surface area contributed by atoms with Crippen molar-refractivity contribution in [1.82, 2.24) is 0 Å². The van der Waals surface area contributed by atoms with Gasteiger partial charge in [0.05, 0.1) is 0 Å². The van der Waals surface area contributed by atoms with Gasteiger partial charge in [0, 0.05) is 16.9 Å². The fraction of sp³-hybridized carbons (Fsp3) is 0.667. The predicted molar refractivity (Wildman–Crippen MR) is 84.6 cm³/mol. The molecule has 2 nitrogen and oxygen atoms in total. The number of nitrogens with one attached hydrogen (secondary N) is 1. The molecule has 4 aliphatic carbocycles. The highest BCUT2D eigenvalue weighted by atomic mass is 15.0. The SMILES string of the molecule is CC12CC3CC(C)(C1)CC(Nc1ccc(N)cc1)(C3)C2. The van der Waals surface area contributed by atoms with Gasteiger partial charge in [0.15, 0.2) is 0 Å². The first kappa shape index (κ1) is 12.6. The van der Waals surface area contributed by atoms with E-state index in [1.165, 1.54) is 44.2 Å². The summed E-state index contributed by atoms with van der Waals surface area (Å²) in [5.74, 6) is 0.933. The van der Waals surface area contributed by atoms with Crippen LogP contribution in [-0.4, -0.2) is 5.54 Å². The van der Waals surface area contributed by atoms with E-state index in [0.29, 0.717) is 16.4 Å². The Bertz CT molecular complexity index is 515. The maximum absolute atomic E-state index is 5.80. The van der Waals surface area contributed by atoms with Crippen molar-refractivity contribution in [2.45, 2.75) is 57.9 Å². The summed E-state index contributed by atoms with van der Waals surface area (Å²) in [4.78, 5) is 0. The lowest BCUT2D eigenvalue weighted by Gasteiger charge is -2.65. The summed E-state index contributed by atoms with van der Waals surface area (Å²) in [6, 6.07) is 8.29. The van der Waals surface area contributed by atoms with Gasteiger partial charge in [-0.2, -0.15) is 0 Å². The highest BCUT2D eigenvalue weighted by Crippen LogP contribution is 2.66. The lowest BCUT2D eigenvalue weighted by molar-refractivity contribution is -0.0972. The Balaban J connectivity index is 1.65. The van der Waals surface area contributed by atoms with Crippen LogP contribution >= 0.6 is 0 Å². The smallest absolute Gasteiger partial charge is 0.0386 e. The van der Waals surface area contributed by atoms with Gasteiger partial charge in [-0.1, -0.05) is 13.8 Å². The van der Waals surface area contributed by atoms with Crippen molar-refractivity contribution in [3.63, 3.8) is 0 Å². The summed E-state index contributed by atoms with van der Waals surface area (Å²) in [5.41, 5.74) is 9.35. The zero-order valence-electron chi connectivity index (χ0n) is 12.7. The Morgan fingerprint density at radius 2 is 1.55 bits per heavy atom. The van der Waals surface area contributed by atoms with Crippen molar-refractivity contribution in [1.29, 1.82) is 0 Å². The molecule has 0 radical (unpaired) electrons. The van der Waals surface area contributed by atoms with Crippen molar-refractivity contribution in [3.05, 3.63) is 24.3 Å². The Hall–Kier alpha value is -1.18.